The highest BCUT2D eigenvalue weighted by molar-refractivity contribution is 5.98. The second-order valence-electron chi connectivity index (χ2n) is 5.80. The van der Waals surface area contributed by atoms with Gasteiger partial charge in [0.05, 0.1) is 5.56 Å². The van der Waals surface area contributed by atoms with Gasteiger partial charge in [-0.15, -0.1) is 0 Å². The lowest BCUT2D eigenvalue weighted by atomic mass is 10.1. The number of hydrogen-bond acceptors (Lipinski definition) is 5. The van der Waals surface area contributed by atoms with Gasteiger partial charge in [0.2, 0.25) is 0 Å². The number of benzene rings is 1. The van der Waals surface area contributed by atoms with Crippen molar-refractivity contribution in [3.05, 3.63) is 48.2 Å². The van der Waals surface area contributed by atoms with Gasteiger partial charge in [0.15, 0.2) is 11.5 Å². The molecular formula is C18H19N3O3. The fraction of sp³-hybridized carbons (Fsp3) is 0.333. The van der Waals surface area contributed by atoms with Gasteiger partial charge >= 0.3 is 0 Å². The number of ether oxygens (including phenoxy) is 2. The minimum atomic E-state index is -0.00183. The molecule has 0 aliphatic carbocycles. The summed E-state index contributed by atoms with van der Waals surface area (Å²) in [6.45, 7) is 3.88. The maximum Gasteiger partial charge on any atom is 0.257 e. The number of hydrogen-bond donors (Lipinski definition) is 0. The molecule has 3 heterocycles. The van der Waals surface area contributed by atoms with Crippen LogP contribution in [0, 0.1) is 0 Å². The first-order valence-corrected chi connectivity index (χ1v) is 8.17. The molecule has 0 unspecified atom stereocenters. The predicted molar refractivity (Wildman–Crippen MR) is 89.8 cm³/mol. The third-order valence-electron chi connectivity index (χ3n) is 4.34. The fourth-order valence-electron chi connectivity index (χ4n) is 3.09. The molecule has 2 aliphatic rings. The molecule has 6 heteroatoms. The van der Waals surface area contributed by atoms with Gasteiger partial charge in [-0.1, -0.05) is 12.1 Å². The van der Waals surface area contributed by atoms with E-state index in [0.29, 0.717) is 43.4 Å². The van der Waals surface area contributed by atoms with E-state index in [1.807, 2.05) is 35.2 Å². The molecule has 1 aromatic carbocycles. The van der Waals surface area contributed by atoms with Crippen LogP contribution in [0.15, 0.2) is 42.6 Å². The summed E-state index contributed by atoms with van der Waals surface area (Å²) in [5.41, 5.74) is 0.582. The molecule has 2 aromatic rings. The monoisotopic (exact) mass is 325 g/mol. The van der Waals surface area contributed by atoms with E-state index in [9.17, 15) is 4.79 Å². The zero-order valence-electron chi connectivity index (χ0n) is 13.4. The molecule has 0 N–H and O–H groups in total. The van der Waals surface area contributed by atoms with E-state index >= 15 is 0 Å². The first kappa shape index (κ1) is 14.8. The number of para-hydroxylation sites is 1. The Kier molecular flexibility index (Phi) is 3.94. The largest absolute Gasteiger partial charge is 0.486 e. The summed E-state index contributed by atoms with van der Waals surface area (Å²) >= 11 is 0. The van der Waals surface area contributed by atoms with E-state index in [4.69, 9.17) is 9.47 Å². The highest BCUT2D eigenvalue weighted by Gasteiger charge is 2.27. The summed E-state index contributed by atoms with van der Waals surface area (Å²) in [6, 6.07) is 11.4. The molecule has 1 aromatic heterocycles. The zero-order chi connectivity index (χ0) is 16.4. The van der Waals surface area contributed by atoms with Crippen molar-refractivity contribution in [2.75, 3.05) is 44.3 Å². The number of anilines is 1. The molecule has 2 aliphatic heterocycles. The molecule has 1 saturated heterocycles. The molecule has 0 atom stereocenters. The fourth-order valence-corrected chi connectivity index (χ4v) is 3.09. The van der Waals surface area contributed by atoms with E-state index in [1.165, 1.54) is 0 Å². The van der Waals surface area contributed by atoms with Crippen LogP contribution in [0.1, 0.15) is 10.4 Å². The molecule has 0 radical (unpaired) electrons. The van der Waals surface area contributed by atoms with Crippen molar-refractivity contribution in [1.29, 1.82) is 0 Å². The number of fused-ring (bicyclic) bond motifs is 1. The Morgan fingerprint density at radius 2 is 1.79 bits per heavy atom. The molecule has 0 bridgehead atoms. The van der Waals surface area contributed by atoms with E-state index < -0.39 is 0 Å². The SMILES string of the molecule is O=C(c1cccc2c1OCCO2)N1CCN(c2ccccn2)CC1. The molecule has 0 spiro atoms. The first-order valence-electron chi connectivity index (χ1n) is 8.17. The molecular weight excluding hydrogens is 306 g/mol. The predicted octanol–water partition coefficient (Wildman–Crippen LogP) is 1.82. The van der Waals surface area contributed by atoms with Gasteiger partial charge in [-0.05, 0) is 24.3 Å². The van der Waals surface area contributed by atoms with Crippen molar-refractivity contribution in [1.82, 2.24) is 9.88 Å². The molecule has 24 heavy (non-hydrogen) atoms. The average molecular weight is 325 g/mol. The second kappa shape index (κ2) is 6.39. The van der Waals surface area contributed by atoms with E-state index in [1.54, 1.807) is 12.3 Å². The molecule has 1 fully saturated rings. The van der Waals surface area contributed by atoms with Crippen LogP contribution in [-0.2, 0) is 0 Å². The van der Waals surface area contributed by atoms with Gasteiger partial charge in [0.25, 0.3) is 5.91 Å². The van der Waals surface area contributed by atoms with Gasteiger partial charge < -0.3 is 19.3 Å². The van der Waals surface area contributed by atoms with E-state index in [0.717, 1.165) is 18.9 Å². The highest BCUT2D eigenvalue weighted by atomic mass is 16.6. The van der Waals surface area contributed by atoms with Crippen LogP contribution in [0.25, 0.3) is 0 Å². The summed E-state index contributed by atoms with van der Waals surface area (Å²) in [7, 11) is 0. The highest BCUT2D eigenvalue weighted by Crippen LogP contribution is 2.34. The van der Waals surface area contributed by atoms with Crippen LogP contribution in [0.4, 0.5) is 5.82 Å². The number of carbonyl (C=O) groups is 1. The topological polar surface area (TPSA) is 54.9 Å². The Morgan fingerprint density at radius 1 is 0.958 bits per heavy atom. The van der Waals surface area contributed by atoms with Gasteiger partial charge in [-0.2, -0.15) is 0 Å². The van der Waals surface area contributed by atoms with Crippen LogP contribution in [0.2, 0.25) is 0 Å². The normalized spacial score (nSPS) is 16.8. The first-order chi connectivity index (χ1) is 11.8. The quantitative estimate of drug-likeness (QED) is 0.843. The number of amides is 1. The Hall–Kier alpha value is -2.76. The Bertz CT molecular complexity index is 728. The van der Waals surface area contributed by atoms with Crippen LogP contribution >= 0.6 is 0 Å². The van der Waals surface area contributed by atoms with Gasteiger partial charge in [-0.3, -0.25) is 4.79 Å². The molecule has 6 nitrogen and oxygen atoms in total. The molecule has 124 valence electrons. The standard InChI is InChI=1S/C18H19N3O3/c22-18(14-4-3-5-15-17(14)24-13-12-23-15)21-10-8-20(9-11-21)16-6-1-2-7-19-16/h1-7H,8-13H2. The third-order valence-corrected chi connectivity index (χ3v) is 4.34. The maximum atomic E-state index is 12.9. The second-order valence-corrected chi connectivity index (χ2v) is 5.80. The number of carbonyl (C=O) groups excluding carboxylic acids is 1. The Balaban J connectivity index is 1.47. The number of pyridine rings is 1. The van der Waals surface area contributed by atoms with Crippen LogP contribution in [0.5, 0.6) is 11.5 Å². The van der Waals surface area contributed by atoms with Crippen molar-refractivity contribution in [2.24, 2.45) is 0 Å². The molecule has 4 rings (SSSR count). The van der Waals surface area contributed by atoms with Crippen molar-refractivity contribution >= 4 is 11.7 Å². The number of aromatic nitrogens is 1. The van der Waals surface area contributed by atoms with Crippen LogP contribution < -0.4 is 14.4 Å². The van der Waals surface area contributed by atoms with Gasteiger partial charge in [0, 0.05) is 32.4 Å². The number of rotatable bonds is 2. The summed E-state index contributed by atoms with van der Waals surface area (Å²) in [5, 5.41) is 0. The van der Waals surface area contributed by atoms with Gasteiger partial charge in [0.1, 0.15) is 19.0 Å². The van der Waals surface area contributed by atoms with Crippen LogP contribution in [-0.4, -0.2) is 55.2 Å². The average Bonchev–Trinajstić information content (AvgIpc) is 2.68. The minimum absolute atomic E-state index is 0.00183. The van der Waals surface area contributed by atoms with E-state index in [2.05, 4.69) is 9.88 Å². The van der Waals surface area contributed by atoms with Gasteiger partial charge in [-0.25, -0.2) is 4.98 Å². The Morgan fingerprint density at radius 3 is 2.58 bits per heavy atom. The molecule has 0 saturated carbocycles. The lowest BCUT2D eigenvalue weighted by Gasteiger charge is -2.35. The number of nitrogens with zero attached hydrogens (tertiary/aromatic N) is 3. The van der Waals surface area contributed by atoms with Crippen molar-refractivity contribution in [3.63, 3.8) is 0 Å². The smallest absolute Gasteiger partial charge is 0.257 e. The summed E-state index contributed by atoms with van der Waals surface area (Å²) < 4.78 is 11.2. The molecule has 1 amide bonds. The minimum Gasteiger partial charge on any atom is -0.486 e. The van der Waals surface area contributed by atoms with Crippen LogP contribution in [0.3, 0.4) is 0 Å². The summed E-state index contributed by atoms with van der Waals surface area (Å²) in [6.07, 6.45) is 1.79. The lowest BCUT2D eigenvalue weighted by molar-refractivity contribution is 0.0736. The lowest BCUT2D eigenvalue weighted by Crippen LogP contribution is -2.49. The Labute approximate surface area is 140 Å². The van der Waals surface area contributed by atoms with Crippen molar-refractivity contribution in [2.45, 2.75) is 0 Å². The zero-order valence-corrected chi connectivity index (χ0v) is 13.4. The van der Waals surface area contributed by atoms with E-state index in [-0.39, 0.29) is 5.91 Å². The maximum absolute atomic E-state index is 12.9. The number of piperazine rings is 1. The summed E-state index contributed by atoms with van der Waals surface area (Å²) in [4.78, 5) is 21.3. The summed E-state index contributed by atoms with van der Waals surface area (Å²) in [5.74, 6) is 2.18. The van der Waals surface area contributed by atoms with Crippen molar-refractivity contribution < 1.29 is 14.3 Å². The van der Waals surface area contributed by atoms with Crippen molar-refractivity contribution in [3.8, 4) is 11.5 Å². The third kappa shape index (κ3) is 2.75.